The first-order valence-corrected chi connectivity index (χ1v) is 15.8. The first-order chi connectivity index (χ1) is 20.0. The zero-order valence-corrected chi connectivity index (χ0v) is 24.6. The van der Waals surface area contributed by atoms with Crippen molar-refractivity contribution in [3.05, 3.63) is 99.3 Å². The monoisotopic (exact) mass is 634 g/mol. The maximum atomic E-state index is 13.1. The van der Waals surface area contributed by atoms with E-state index >= 15 is 0 Å². The van der Waals surface area contributed by atoms with Gasteiger partial charge in [0.1, 0.15) is 11.6 Å². The minimum absolute atomic E-state index is 0.143. The van der Waals surface area contributed by atoms with Gasteiger partial charge in [-0.25, -0.2) is 18.4 Å². The summed E-state index contributed by atoms with van der Waals surface area (Å²) in [6, 6.07) is 21.2. The number of nitrogens with one attached hydrogen (secondary N) is 1. The van der Waals surface area contributed by atoms with Crippen molar-refractivity contribution in [2.75, 3.05) is 18.4 Å². The second-order valence-electron chi connectivity index (χ2n) is 10.8. The molecule has 0 spiro atoms. The minimum atomic E-state index is -5.35. The van der Waals surface area contributed by atoms with E-state index in [-0.39, 0.29) is 43.8 Å². The van der Waals surface area contributed by atoms with Crippen LogP contribution in [0.2, 0.25) is 10.0 Å². The van der Waals surface area contributed by atoms with Gasteiger partial charge in [0.25, 0.3) is 0 Å². The van der Waals surface area contributed by atoms with Crippen LogP contribution in [0.3, 0.4) is 0 Å². The molecule has 3 aromatic carbocycles. The van der Waals surface area contributed by atoms with Gasteiger partial charge in [-0.1, -0.05) is 53.5 Å². The Hall–Kier alpha value is -2.92. The number of alkyl halides is 3. The predicted octanol–water partition coefficient (Wildman–Crippen LogP) is 7.72. The van der Waals surface area contributed by atoms with Gasteiger partial charge in [-0.05, 0) is 78.8 Å². The van der Waals surface area contributed by atoms with Gasteiger partial charge in [-0.2, -0.15) is 17.5 Å². The van der Waals surface area contributed by atoms with Crippen LogP contribution in [0.5, 0.6) is 0 Å². The van der Waals surface area contributed by atoms with Crippen LogP contribution in [0.25, 0.3) is 10.9 Å². The number of anilines is 1. The number of fused-ring (bicyclic) bond motifs is 1. The predicted molar refractivity (Wildman–Crippen MR) is 159 cm³/mol. The summed E-state index contributed by atoms with van der Waals surface area (Å²) in [4.78, 5) is 9.70. The van der Waals surface area contributed by atoms with Crippen molar-refractivity contribution in [1.29, 1.82) is 0 Å². The maximum absolute atomic E-state index is 13.1. The average Bonchev–Trinajstić information content (AvgIpc) is 3.81. The fraction of sp³-hybridized carbons (Fsp3) is 0.333. The summed E-state index contributed by atoms with van der Waals surface area (Å²) < 4.78 is 63.5. The molecule has 4 aromatic rings. The number of nitrogens with zero attached hydrogens (tertiary/aromatic N) is 3. The molecule has 0 unspecified atom stereocenters. The highest BCUT2D eigenvalue weighted by Gasteiger charge is 2.50. The maximum Gasteiger partial charge on any atom is 0.511 e. The fourth-order valence-electron chi connectivity index (χ4n) is 5.45. The molecule has 0 atom stereocenters. The normalized spacial score (nSPS) is 17.2. The Balaban J connectivity index is 1.36. The summed E-state index contributed by atoms with van der Waals surface area (Å²) in [6.45, 7) is -0.447. The van der Waals surface area contributed by atoms with Crippen LogP contribution in [0, 0.1) is 0 Å². The van der Waals surface area contributed by atoms with Gasteiger partial charge in [0, 0.05) is 46.4 Å². The lowest BCUT2D eigenvalue weighted by atomic mass is 9.84. The van der Waals surface area contributed by atoms with Crippen molar-refractivity contribution in [2.24, 2.45) is 0 Å². The first kappa shape index (κ1) is 29.2. The zero-order valence-electron chi connectivity index (χ0n) is 22.3. The largest absolute Gasteiger partial charge is 0.511 e. The van der Waals surface area contributed by atoms with Crippen molar-refractivity contribution in [3.8, 4) is 0 Å². The molecular weight excluding hydrogens is 608 g/mol. The first-order valence-electron chi connectivity index (χ1n) is 13.6. The lowest BCUT2D eigenvalue weighted by molar-refractivity contribution is -0.0494. The van der Waals surface area contributed by atoms with E-state index in [4.69, 9.17) is 33.2 Å². The summed E-state index contributed by atoms with van der Waals surface area (Å²) in [5, 5.41) is 5.48. The van der Waals surface area contributed by atoms with E-state index in [1.165, 1.54) is 0 Å². The molecule has 12 heteroatoms. The van der Waals surface area contributed by atoms with Crippen molar-refractivity contribution < 1.29 is 21.6 Å². The molecule has 1 N–H and O–H groups in total. The van der Waals surface area contributed by atoms with Crippen LogP contribution in [-0.4, -0.2) is 47.3 Å². The van der Waals surface area contributed by atoms with Gasteiger partial charge in [-0.15, -0.1) is 0 Å². The average molecular weight is 636 g/mol. The van der Waals surface area contributed by atoms with E-state index in [1.807, 2.05) is 66.7 Å². The summed E-state index contributed by atoms with van der Waals surface area (Å²) in [5.41, 5.74) is -1.49. The van der Waals surface area contributed by atoms with E-state index in [9.17, 15) is 21.6 Å². The van der Waals surface area contributed by atoms with Crippen LogP contribution in [0.1, 0.15) is 60.0 Å². The van der Waals surface area contributed by atoms with Gasteiger partial charge in [0.15, 0.2) is 0 Å². The van der Waals surface area contributed by atoms with Crippen LogP contribution < -0.4 is 5.32 Å². The Morgan fingerprint density at radius 1 is 0.810 bits per heavy atom. The lowest BCUT2D eigenvalue weighted by Crippen LogP contribution is -2.47. The van der Waals surface area contributed by atoms with Crippen molar-refractivity contribution in [1.82, 2.24) is 14.3 Å². The molecule has 2 fully saturated rings. The van der Waals surface area contributed by atoms with E-state index in [0.29, 0.717) is 20.2 Å². The van der Waals surface area contributed by atoms with Crippen LogP contribution >= 0.6 is 23.2 Å². The number of hydrogen-bond acceptors (Lipinski definition) is 5. The summed E-state index contributed by atoms with van der Waals surface area (Å²) in [6.07, 6.45) is 2.45. The van der Waals surface area contributed by atoms with Gasteiger partial charge in [0.05, 0.1) is 5.52 Å². The quantitative estimate of drug-likeness (QED) is 0.211. The molecular formula is C30H27Cl2F3N4O2S. The second kappa shape index (κ2) is 11.3. The number of rotatable bonds is 7. The molecule has 42 heavy (non-hydrogen) atoms. The molecule has 1 saturated carbocycles. The number of aromatic nitrogens is 2. The van der Waals surface area contributed by atoms with Crippen LogP contribution in [-0.2, 0) is 10.0 Å². The minimum Gasteiger partial charge on any atom is -0.367 e. The molecule has 2 aliphatic rings. The van der Waals surface area contributed by atoms with Gasteiger partial charge in [0.2, 0.25) is 0 Å². The third-order valence-electron chi connectivity index (χ3n) is 7.85. The molecule has 1 aromatic heterocycles. The molecule has 0 bridgehead atoms. The highest BCUT2D eigenvalue weighted by Crippen LogP contribution is 2.41. The number of piperidine rings is 1. The van der Waals surface area contributed by atoms with Gasteiger partial charge < -0.3 is 5.32 Å². The van der Waals surface area contributed by atoms with Gasteiger partial charge >= 0.3 is 15.5 Å². The number of sulfonamides is 1. The Bertz CT molecular complexity index is 1660. The molecule has 1 saturated heterocycles. The van der Waals surface area contributed by atoms with Crippen molar-refractivity contribution in [2.45, 2.75) is 49.1 Å². The third kappa shape index (κ3) is 5.95. The van der Waals surface area contributed by atoms with Crippen LogP contribution in [0.15, 0.2) is 66.7 Å². The second-order valence-corrected chi connectivity index (χ2v) is 13.6. The molecule has 0 radical (unpaired) electrons. The standard InChI is InChI=1S/C30H27Cl2F3N4O2S/c31-22-8-3-18(4-9-22)27(19-5-10-23(32)11-6-19)21-7-12-26-25(17-21)29(38-28(37-26)20-1-2-20)36-24-13-15-39(16-14-24)42(40,41)30(33,34)35/h3-12,17,20,24,27H,1-2,13-16H2,(H,36,37,38). The Labute approximate surface area is 251 Å². The molecule has 220 valence electrons. The van der Waals surface area contributed by atoms with E-state index in [1.54, 1.807) is 0 Å². The molecule has 0 amide bonds. The highest BCUT2D eigenvalue weighted by atomic mass is 35.5. The summed E-state index contributed by atoms with van der Waals surface area (Å²) >= 11 is 12.4. The third-order valence-corrected chi connectivity index (χ3v) is 9.98. The smallest absolute Gasteiger partial charge is 0.367 e. The summed E-state index contributed by atoms with van der Waals surface area (Å²) in [5.74, 6) is 1.48. The fourth-order valence-corrected chi connectivity index (χ4v) is 6.68. The highest BCUT2D eigenvalue weighted by molar-refractivity contribution is 7.90. The van der Waals surface area contributed by atoms with E-state index in [2.05, 4.69) is 5.32 Å². The number of halogens is 5. The number of hydrogen-bond donors (Lipinski definition) is 1. The zero-order chi connectivity index (χ0) is 29.6. The van der Waals surface area contributed by atoms with Crippen molar-refractivity contribution in [3.63, 3.8) is 0 Å². The Kier molecular flexibility index (Phi) is 7.84. The van der Waals surface area contributed by atoms with Gasteiger partial charge in [-0.3, -0.25) is 0 Å². The lowest BCUT2D eigenvalue weighted by Gasteiger charge is -2.32. The molecule has 1 aliphatic heterocycles. The Morgan fingerprint density at radius 3 is 1.88 bits per heavy atom. The van der Waals surface area contributed by atoms with E-state index < -0.39 is 15.5 Å². The molecule has 6 nitrogen and oxygen atoms in total. The molecule has 2 heterocycles. The molecule has 6 rings (SSSR count). The van der Waals surface area contributed by atoms with Crippen molar-refractivity contribution >= 4 is 49.9 Å². The summed E-state index contributed by atoms with van der Waals surface area (Å²) in [7, 11) is -5.35. The molecule has 1 aliphatic carbocycles. The van der Waals surface area contributed by atoms with Crippen LogP contribution in [0.4, 0.5) is 19.0 Å². The van der Waals surface area contributed by atoms with E-state index in [0.717, 1.165) is 46.3 Å². The topological polar surface area (TPSA) is 75.2 Å². The SMILES string of the molecule is O=S(=O)(N1CCC(Nc2nc(C3CC3)nc3ccc(C(c4ccc(Cl)cc4)c4ccc(Cl)cc4)cc23)CC1)C(F)(F)F. The number of benzene rings is 3. The Morgan fingerprint density at radius 2 is 1.36 bits per heavy atom.